The van der Waals surface area contributed by atoms with Crippen LogP contribution in [0.4, 0.5) is 0 Å². The molecule has 4 aromatic rings. The largest absolute Gasteiger partial charge is 0.334 e. The van der Waals surface area contributed by atoms with Gasteiger partial charge in [0.1, 0.15) is 5.82 Å². The Hall–Kier alpha value is -3.47. The van der Waals surface area contributed by atoms with Crippen molar-refractivity contribution in [3.8, 4) is 0 Å². The van der Waals surface area contributed by atoms with Crippen LogP contribution < -0.4 is 0 Å². The van der Waals surface area contributed by atoms with Crippen molar-refractivity contribution in [2.75, 3.05) is 7.05 Å². The fourth-order valence-electron chi connectivity index (χ4n) is 3.56. The Morgan fingerprint density at radius 2 is 1.90 bits per heavy atom. The highest BCUT2D eigenvalue weighted by Crippen LogP contribution is 2.21. The maximum Gasteiger partial charge on any atom is 0.255 e. The van der Waals surface area contributed by atoms with Gasteiger partial charge in [0.15, 0.2) is 0 Å². The first-order valence-corrected chi connectivity index (χ1v) is 9.68. The van der Waals surface area contributed by atoms with Crippen molar-refractivity contribution in [1.82, 2.24) is 19.4 Å². The molecule has 0 aliphatic carbocycles. The predicted molar refractivity (Wildman–Crippen MR) is 115 cm³/mol. The van der Waals surface area contributed by atoms with Gasteiger partial charge >= 0.3 is 0 Å². The van der Waals surface area contributed by atoms with Crippen LogP contribution in [-0.4, -0.2) is 32.4 Å². The topological polar surface area (TPSA) is 51.0 Å². The quantitative estimate of drug-likeness (QED) is 0.513. The van der Waals surface area contributed by atoms with Crippen LogP contribution in [0.2, 0.25) is 0 Å². The number of fused-ring (bicyclic) bond motifs is 1. The molecule has 0 saturated carbocycles. The van der Waals surface area contributed by atoms with Gasteiger partial charge in [-0.25, -0.2) is 4.98 Å². The first kappa shape index (κ1) is 18.9. The summed E-state index contributed by atoms with van der Waals surface area (Å²) in [7, 11) is 1.80. The van der Waals surface area contributed by atoms with E-state index in [0.717, 1.165) is 23.4 Å². The van der Waals surface area contributed by atoms with Crippen molar-refractivity contribution in [2.24, 2.45) is 0 Å². The van der Waals surface area contributed by atoms with E-state index in [1.54, 1.807) is 36.5 Å². The molecule has 0 saturated heterocycles. The van der Waals surface area contributed by atoms with Gasteiger partial charge < -0.3 is 9.47 Å². The summed E-state index contributed by atoms with van der Waals surface area (Å²) in [5.74, 6) is 0.801. The number of imidazole rings is 1. The van der Waals surface area contributed by atoms with Crippen LogP contribution in [0.5, 0.6) is 0 Å². The third-order valence-corrected chi connectivity index (χ3v) is 5.20. The SMILES string of the molecule is Cc1ccc(C)c(Cn2c(CN(C)C(=O)c3cccnc3)nc3ccccc32)c1. The molecule has 0 unspecified atom stereocenters. The zero-order valence-corrected chi connectivity index (χ0v) is 17.0. The van der Waals surface area contributed by atoms with E-state index in [9.17, 15) is 4.79 Å². The van der Waals surface area contributed by atoms with E-state index in [1.165, 1.54) is 16.7 Å². The maximum absolute atomic E-state index is 12.8. The van der Waals surface area contributed by atoms with Crippen molar-refractivity contribution >= 4 is 16.9 Å². The molecular weight excluding hydrogens is 360 g/mol. The minimum Gasteiger partial charge on any atom is -0.334 e. The third kappa shape index (κ3) is 3.90. The van der Waals surface area contributed by atoms with Gasteiger partial charge in [-0.05, 0) is 49.2 Å². The van der Waals surface area contributed by atoms with Crippen LogP contribution in [0.3, 0.4) is 0 Å². The number of amides is 1. The summed E-state index contributed by atoms with van der Waals surface area (Å²) in [6.07, 6.45) is 3.26. The lowest BCUT2D eigenvalue weighted by Crippen LogP contribution is -2.28. The zero-order chi connectivity index (χ0) is 20.4. The van der Waals surface area contributed by atoms with Crippen LogP contribution in [0, 0.1) is 13.8 Å². The van der Waals surface area contributed by atoms with E-state index in [2.05, 4.69) is 47.7 Å². The molecule has 0 aliphatic heterocycles. The molecule has 146 valence electrons. The maximum atomic E-state index is 12.8. The fourth-order valence-corrected chi connectivity index (χ4v) is 3.56. The number of carbonyl (C=O) groups excluding carboxylic acids is 1. The highest BCUT2D eigenvalue weighted by Gasteiger charge is 2.17. The van der Waals surface area contributed by atoms with Gasteiger partial charge in [-0.2, -0.15) is 0 Å². The zero-order valence-electron chi connectivity index (χ0n) is 17.0. The summed E-state index contributed by atoms with van der Waals surface area (Å²) in [5, 5.41) is 0. The van der Waals surface area contributed by atoms with Crippen molar-refractivity contribution in [3.63, 3.8) is 0 Å². The predicted octanol–water partition coefficient (Wildman–Crippen LogP) is 4.37. The van der Waals surface area contributed by atoms with Gasteiger partial charge in [0.25, 0.3) is 5.91 Å². The summed E-state index contributed by atoms with van der Waals surface area (Å²) in [6.45, 7) is 5.38. The van der Waals surface area contributed by atoms with Crippen LogP contribution in [0.15, 0.2) is 67.0 Å². The number of hydrogen-bond donors (Lipinski definition) is 0. The van der Waals surface area contributed by atoms with E-state index in [-0.39, 0.29) is 5.91 Å². The lowest BCUT2D eigenvalue weighted by Gasteiger charge is -2.18. The molecule has 2 aromatic carbocycles. The first-order valence-electron chi connectivity index (χ1n) is 9.68. The average molecular weight is 384 g/mol. The first-order chi connectivity index (χ1) is 14.0. The minimum atomic E-state index is -0.0663. The number of carbonyl (C=O) groups is 1. The van der Waals surface area contributed by atoms with Crippen molar-refractivity contribution in [2.45, 2.75) is 26.9 Å². The van der Waals surface area contributed by atoms with Gasteiger partial charge in [-0.3, -0.25) is 9.78 Å². The molecule has 5 heteroatoms. The second-order valence-electron chi connectivity index (χ2n) is 7.44. The van der Waals surface area contributed by atoms with E-state index >= 15 is 0 Å². The molecule has 2 heterocycles. The molecule has 4 rings (SSSR count). The second-order valence-corrected chi connectivity index (χ2v) is 7.44. The molecule has 1 amide bonds. The summed E-state index contributed by atoms with van der Waals surface area (Å²) in [5.41, 5.74) is 6.34. The molecule has 0 N–H and O–H groups in total. The fraction of sp³-hybridized carbons (Fsp3) is 0.208. The number of para-hydroxylation sites is 2. The van der Waals surface area contributed by atoms with Gasteiger partial charge in [0.2, 0.25) is 0 Å². The molecule has 0 spiro atoms. The Labute approximate surface area is 170 Å². The molecule has 0 atom stereocenters. The summed E-state index contributed by atoms with van der Waals surface area (Å²) in [6, 6.07) is 18.2. The lowest BCUT2D eigenvalue weighted by atomic mass is 10.1. The summed E-state index contributed by atoms with van der Waals surface area (Å²) < 4.78 is 2.21. The molecule has 29 heavy (non-hydrogen) atoms. The Kier molecular flexibility index (Phi) is 5.12. The minimum absolute atomic E-state index is 0.0663. The molecular formula is C24H24N4O. The van der Waals surface area contributed by atoms with Gasteiger partial charge in [0.05, 0.1) is 23.1 Å². The molecule has 0 bridgehead atoms. The van der Waals surface area contributed by atoms with Gasteiger partial charge in [0, 0.05) is 26.0 Å². The van der Waals surface area contributed by atoms with E-state index < -0.39 is 0 Å². The van der Waals surface area contributed by atoms with Gasteiger partial charge in [-0.1, -0.05) is 35.9 Å². The number of hydrogen-bond acceptors (Lipinski definition) is 3. The molecule has 5 nitrogen and oxygen atoms in total. The summed E-state index contributed by atoms with van der Waals surface area (Å²) >= 11 is 0. The Bertz CT molecular complexity index is 1160. The van der Waals surface area contributed by atoms with Crippen molar-refractivity contribution in [3.05, 3.63) is 95.1 Å². The van der Waals surface area contributed by atoms with Crippen LogP contribution in [0.1, 0.15) is 32.9 Å². The second kappa shape index (κ2) is 7.87. The smallest absolute Gasteiger partial charge is 0.255 e. The highest BCUT2D eigenvalue weighted by atomic mass is 16.2. The standard InChI is InChI=1S/C24H24N4O/c1-17-10-11-18(2)20(13-17)15-28-22-9-5-4-8-21(22)26-23(28)16-27(3)24(29)19-7-6-12-25-14-19/h4-14H,15-16H2,1-3H3. The molecule has 0 fully saturated rings. The number of nitrogens with zero attached hydrogens (tertiary/aromatic N) is 4. The van der Waals surface area contributed by atoms with Gasteiger partial charge in [-0.15, -0.1) is 0 Å². The van der Waals surface area contributed by atoms with E-state index in [4.69, 9.17) is 4.98 Å². The van der Waals surface area contributed by atoms with Crippen LogP contribution in [0.25, 0.3) is 11.0 Å². The number of aromatic nitrogens is 3. The molecule has 0 aliphatic rings. The Morgan fingerprint density at radius 1 is 1.07 bits per heavy atom. The number of rotatable bonds is 5. The normalized spacial score (nSPS) is 11.0. The van der Waals surface area contributed by atoms with E-state index in [0.29, 0.717) is 12.1 Å². The molecule has 0 radical (unpaired) electrons. The monoisotopic (exact) mass is 384 g/mol. The number of aryl methyl sites for hydroxylation is 2. The molecule has 2 aromatic heterocycles. The number of pyridine rings is 1. The van der Waals surface area contributed by atoms with Crippen LogP contribution in [-0.2, 0) is 13.1 Å². The summed E-state index contributed by atoms with van der Waals surface area (Å²) in [4.78, 5) is 23.4. The third-order valence-electron chi connectivity index (χ3n) is 5.20. The van der Waals surface area contributed by atoms with Crippen molar-refractivity contribution in [1.29, 1.82) is 0 Å². The average Bonchev–Trinajstić information content (AvgIpc) is 3.07. The van der Waals surface area contributed by atoms with E-state index in [1.807, 2.05) is 18.2 Å². The van der Waals surface area contributed by atoms with Crippen LogP contribution >= 0.6 is 0 Å². The Morgan fingerprint density at radius 3 is 2.69 bits per heavy atom. The Balaban J connectivity index is 1.70. The highest BCUT2D eigenvalue weighted by molar-refractivity contribution is 5.93. The number of benzene rings is 2. The van der Waals surface area contributed by atoms with Crippen molar-refractivity contribution < 1.29 is 4.79 Å². The lowest BCUT2D eigenvalue weighted by molar-refractivity contribution is 0.0780.